The summed E-state index contributed by atoms with van der Waals surface area (Å²) in [6.07, 6.45) is 0.470. The van der Waals surface area contributed by atoms with Crippen LogP contribution in [-0.2, 0) is 16.1 Å². The first kappa shape index (κ1) is 21.6. The van der Waals surface area contributed by atoms with Crippen molar-refractivity contribution in [2.45, 2.75) is 13.0 Å². The zero-order chi connectivity index (χ0) is 21.7. The number of para-hydroxylation sites is 1. The Labute approximate surface area is 178 Å². The highest BCUT2D eigenvalue weighted by atomic mass is 35.5. The quantitative estimate of drug-likeness (QED) is 0.649. The minimum absolute atomic E-state index is 0.00555. The van der Waals surface area contributed by atoms with E-state index in [1.165, 1.54) is 21.9 Å². The molecule has 158 valence electrons. The molecule has 1 aliphatic rings. The zero-order valence-corrected chi connectivity index (χ0v) is 16.8. The minimum atomic E-state index is -1.12. The standard InChI is InChI=1S/C21H21ClN2O6/c22-17-10-15(30-9-3-8-25)6-7-16(17)21(29)24-12-19(26)23(13-20(27)28)11-14-4-1-2-5-18(14)24/h1-2,4-7,10,25H,3,8-9,11-13H2,(H,27,28). The highest BCUT2D eigenvalue weighted by molar-refractivity contribution is 6.34. The van der Waals surface area contributed by atoms with Gasteiger partial charge in [0.15, 0.2) is 0 Å². The third-order valence-electron chi connectivity index (χ3n) is 4.60. The summed E-state index contributed by atoms with van der Waals surface area (Å²) in [6, 6.07) is 11.6. The summed E-state index contributed by atoms with van der Waals surface area (Å²) in [5.74, 6) is -1.60. The molecule has 0 spiro atoms. The summed E-state index contributed by atoms with van der Waals surface area (Å²) in [4.78, 5) is 39.6. The molecule has 2 N–H and O–H groups in total. The predicted molar refractivity (Wildman–Crippen MR) is 110 cm³/mol. The fourth-order valence-electron chi connectivity index (χ4n) is 3.17. The number of fused-ring (bicyclic) bond motifs is 1. The van der Waals surface area contributed by atoms with Crippen molar-refractivity contribution in [3.05, 3.63) is 58.6 Å². The summed E-state index contributed by atoms with van der Waals surface area (Å²) in [5.41, 5.74) is 1.39. The van der Waals surface area contributed by atoms with Gasteiger partial charge in [-0.1, -0.05) is 29.8 Å². The van der Waals surface area contributed by atoms with Gasteiger partial charge in [0.05, 0.1) is 17.2 Å². The molecule has 8 nitrogen and oxygen atoms in total. The lowest BCUT2D eigenvalue weighted by molar-refractivity contribution is -0.144. The number of aliphatic carboxylic acids is 1. The topological polar surface area (TPSA) is 107 Å². The second-order valence-electron chi connectivity index (χ2n) is 6.73. The number of aliphatic hydroxyl groups is 1. The number of anilines is 1. The minimum Gasteiger partial charge on any atom is -0.493 e. The van der Waals surface area contributed by atoms with E-state index in [-0.39, 0.29) is 30.3 Å². The molecule has 30 heavy (non-hydrogen) atoms. The van der Waals surface area contributed by atoms with Gasteiger partial charge >= 0.3 is 5.97 Å². The van der Waals surface area contributed by atoms with Crippen LogP contribution < -0.4 is 9.64 Å². The molecule has 0 aliphatic carbocycles. The number of rotatable bonds is 7. The number of nitrogens with zero attached hydrogens (tertiary/aromatic N) is 2. The van der Waals surface area contributed by atoms with E-state index in [0.717, 1.165) is 0 Å². The van der Waals surface area contributed by atoms with Crippen molar-refractivity contribution in [2.24, 2.45) is 0 Å². The second-order valence-corrected chi connectivity index (χ2v) is 7.14. The van der Waals surface area contributed by atoms with Crippen molar-refractivity contribution in [2.75, 3.05) is 31.2 Å². The molecule has 0 bridgehead atoms. The Hall–Kier alpha value is -3.10. The first-order valence-corrected chi connectivity index (χ1v) is 9.71. The van der Waals surface area contributed by atoms with Crippen molar-refractivity contribution in [3.63, 3.8) is 0 Å². The van der Waals surface area contributed by atoms with Crippen LogP contribution in [0.2, 0.25) is 5.02 Å². The SMILES string of the molecule is O=C(O)CN1Cc2ccccc2N(C(=O)c2ccc(OCCCO)cc2Cl)CC1=O. The lowest BCUT2D eigenvalue weighted by Gasteiger charge is -2.22. The van der Waals surface area contributed by atoms with Crippen LogP contribution in [0.1, 0.15) is 22.3 Å². The molecule has 0 atom stereocenters. The fraction of sp³-hybridized carbons (Fsp3) is 0.286. The van der Waals surface area contributed by atoms with E-state index in [4.69, 9.17) is 26.6 Å². The lowest BCUT2D eigenvalue weighted by atomic mass is 10.1. The van der Waals surface area contributed by atoms with Gasteiger partial charge in [0.1, 0.15) is 18.8 Å². The van der Waals surface area contributed by atoms with Gasteiger partial charge < -0.3 is 19.8 Å². The summed E-state index contributed by atoms with van der Waals surface area (Å²) in [7, 11) is 0. The molecule has 3 rings (SSSR count). The van der Waals surface area contributed by atoms with Gasteiger partial charge in [0.2, 0.25) is 5.91 Å². The number of hydrogen-bond donors (Lipinski definition) is 2. The molecule has 2 aromatic carbocycles. The Kier molecular flexibility index (Phi) is 6.91. The Balaban J connectivity index is 1.90. The summed E-state index contributed by atoms with van der Waals surface area (Å²) >= 11 is 6.31. The van der Waals surface area contributed by atoms with Crippen molar-refractivity contribution in [1.29, 1.82) is 0 Å². The highest BCUT2D eigenvalue weighted by Crippen LogP contribution is 2.30. The van der Waals surface area contributed by atoms with E-state index in [1.54, 1.807) is 30.3 Å². The van der Waals surface area contributed by atoms with Gasteiger partial charge in [-0.15, -0.1) is 0 Å². The van der Waals surface area contributed by atoms with Crippen LogP contribution in [-0.4, -0.2) is 59.2 Å². The molecule has 1 heterocycles. The third-order valence-corrected chi connectivity index (χ3v) is 4.92. The number of aliphatic hydroxyl groups excluding tert-OH is 1. The smallest absolute Gasteiger partial charge is 0.323 e. The van der Waals surface area contributed by atoms with Gasteiger partial charge in [-0.05, 0) is 29.8 Å². The molecule has 0 saturated carbocycles. The monoisotopic (exact) mass is 432 g/mol. The molecule has 0 unspecified atom stereocenters. The molecule has 0 radical (unpaired) electrons. The third kappa shape index (κ3) is 4.90. The first-order chi connectivity index (χ1) is 14.4. The molecular formula is C21H21ClN2O6. The van der Waals surface area contributed by atoms with Crippen molar-refractivity contribution in [1.82, 2.24) is 4.90 Å². The number of carboxylic acids is 1. The van der Waals surface area contributed by atoms with Crippen LogP contribution in [0.25, 0.3) is 0 Å². The molecule has 9 heteroatoms. The van der Waals surface area contributed by atoms with E-state index < -0.39 is 24.3 Å². The van der Waals surface area contributed by atoms with E-state index in [0.29, 0.717) is 30.0 Å². The molecular weight excluding hydrogens is 412 g/mol. The molecule has 0 aromatic heterocycles. The van der Waals surface area contributed by atoms with Gasteiger partial charge in [0, 0.05) is 25.3 Å². The number of amides is 2. The summed E-state index contributed by atoms with van der Waals surface area (Å²) in [5, 5.41) is 18.1. The molecule has 0 saturated heterocycles. The summed E-state index contributed by atoms with van der Waals surface area (Å²) in [6.45, 7) is -0.334. The lowest BCUT2D eigenvalue weighted by Crippen LogP contribution is -2.42. The maximum absolute atomic E-state index is 13.3. The Bertz CT molecular complexity index is 964. The average molecular weight is 433 g/mol. The number of carbonyl (C=O) groups is 3. The van der Waals surface area contributed by atoms with E-state index in [1.807, 2.05) is 0 Å². The van der Waals surface area contributed by atoms with Crippen molar-refractivity contribution >= 4 is 35.1 Å². The van der Waals surface area contributed by atoms with Crippen LogP contribution in [0.5, 0.6) is 5.75 Å². The number of carbonyl (C=O) groups excluding carboxylic acids is 2. The van der Waals surface area contributed by atoms with E-state index >= 15 is 0 Å². The highest BCUT2D eigenvalue weighted by Gasteiger charge is 2.31. The fourth-order valence-corrected chi connectivity index (χ4v) is 3.42. The van der Waals surface area contributed by atoms with Crippen LogP contribution in [0.4, 0.5) is 5.69 Å². The van der Waals surface area contributed by atoms with Crippen molar-refractivity contribution in [3.8, 4) is 5.75 Å². The van der Waals surface area contributed by atoms with E-state index in [9.17, 15) is 14.4 Å². The Morgan fingerprint density at radius 3 is 2.60 bits per heavy atom. The van der Waals surface area contributed by atoms with Gasteiger partial charge in [-0.3, -0.25) is 19.3 Å². The first-order valence-electron chi connectivity index (χ1n) is 9.33. The van der Waals surface area contributed by atoms with Gasteiger partial charge in [-0.25, -0.2) is 0 Å². The number of hydrogen-bond acceptors (Lipinski definition) is 5. The largest absolute Gasteiger partial charge is 0.493 e. The predicted octanol–water partition coefficient (Wildman–Crippen LogP) is 2.17. The van der Waals surface area contributed by atoms with Crippen LogP contribution >= 0.6 is 11.6 Å². The normalized spacial score (nSPS) is 13.6. The number of halogens is 1. The van der Waals surface area contributed by atoms with Crippen molar-refractivity contribution < 1.29 is 29.3 Å². The number of ether oxygens (including phenoxy) is 1. The summed E-state index contributed by atoms with van der Waals surface area (Å²) < 4.78 is 5.47. The van der Waals surface area contributed by atoms with Gasteiger partial charge in [0.25, 0.3) is 5.91 Å². The van der Waals surface area contributed by atoms with Crippen LogP contribution in [0.15, 0.2) is 42.5 Å². The Morgan fingerprint density at radius 1 is 1.13 bits per heavy atom. The number of carboxylic acid groups (broad SMARTS) is 1. The Morgan fingerprint density at radius 2 is 1.90 bits per heavy atom. The molecule has 0 fully saturated rings. The maximum Gasteiger partial charge on any atom is 0.323 e. The molecule has 2 aromatic rings. The molecule has 1 aliphatic heterocycles. The van der Waals surface area contributed by atoms with Crippen LogP contribution in [0, 0.1) is 0 Å². The second kappa shape index (κ2) is 9.60. The maximum atomic E-state index is 13.3. The van der Waals surface area contributed by atoms with E-state index in [2.05, 4.69) is 0 Å². The van der Waals surface area contributed by atoms with Crippen LogP contribution in [0.3, 0.4) is 0 Å². The number of benzene rings is 2. The van der Waals surface area contributed by atoms with Gasteiger partial charge in [-0.2, -0.15) is 0 Å². The zero-order valence-electron chi connectivity index (χ0n) is 16.1. The molecule has 2 amide bonds. The average Bonchev–Trinajstić information content (AvgIpc) is 2.84.